The Labute approximate surface area is 167 Å². The second-order valence-corrected chi connectivity index (χ2v) is 6.18. The summed E-state index contributed by atoms with van der Waals surface area (Å²) in [6.07, 6.45) is 0. The number of aromatic nitrogens is 6. The minimum absolute atomic E-state index is 0.0505. The van der Waals surface area contributed by atoms with Crippen LogP contribution >= 0.6 is 0 Å². The van der Waals surface area contributed by atoms with Crippen molar-refractivity contribution >= 4 is 28.0 Å². The summed E-state index contributed by atoms with van der Waals surface area (Å²) in [6, 6.07) is 10.8. The summed E-state index contributed by atoms with van der Waals surface area (Å²) in [7, 11) is 0. The van der Waals surface area contributed by atoms with Crippen molar-refractivity contribution in [1.82, 2.24) is 30.0 Å². The molecule has 0 aliphatic heterocycles. The van der Waals surface area contributed by atoms with Gasteiger partial charge in [0.1, 0.15) is 22.1 Å². The number of esters is 1. The highest BCUT2D eigenvalue weighted by Gasteiger charge is 2.09. The number of hydrogen-bond acceptors (Lipinski definition) is 7. The number of hydrogen-bond donors (Lipinski definition) is 1. The van der Waals surface area contributed by atoms with Gasteiger partial charge in [-0.25, -0.2) is 4.79 Å². The highest BCUT2D eigenvalue weighted by atomic mass is 16.5. The lowest BCUT2D eigenvalue weighted by Crippen LogP contribution is -2.04. The van der Waals surface area contributed by atoms with Crippen molar-refractivity contribution in [2.75, 3.05) is 6.61 Å². The molecule has 29 heavy (non-hydrogen) atoms. The van der Waals surface area contributed by atoms with E-state index in [0.717, 1.165) is 28.7 Å². The maximum atomic E-state index is 11.5. The van der Waals surface area contributed by atoms with Crippen LogP contribution in [-0.4, -0.2) is 47.7 Å². The molecule has 2 heterocycles. The zero-order chi connectivity index (χ0) is 20.8. The Hall–Kier alpha value is -3.33. The number of rotatable bonds is 5. The van der Waals surface area contributed by atoms with Gasteiger partial charge < -0.3 is 9.84 Å². The molecule has 0 spiro atoms. The van der Waals surface area contributed by atoms with Crippen LogP contribution in [0.1, 0.15) is 36.7 Å². The normalized spacial score (nSPS) is 10.8. The standard InChI is InChI=1S/C11H13N3O2.C9H11N3O/c1-3-14-12-9-6-5-8(7-10(9)13-14)11(15)16-4-2;1-2-12-10-8-4-3-7(6-13)5-9(8)11-12/h5-7H,3-4H2,1-2H3;3-5,13H,2,6H2,1H3. The number of nitrogens with zero attached hydrogens (tertiary/aromatic N) is 6. The molecule has 0 aliphatic carbocycles. The summed E-state index contributed by atoms with van der Waals surface area (Å²) >= 11 is 0. The van der Waals surface area contributed by atoms with Crippen LogP contribution in [0.2, 0.25) is 0 Å². The highest BCUT2D eigenvalue weighted by molar-refractivity contribution is 5.93. The Morgan fingerprint density at radius 3 is 1.97 bits per heavy atom. The summed E-state index contributed by atoms with van der Waals surface area (Å²) in [6.45, 7) is 7.64. The largest absolute Gasteiger partial charge is 0.462 e. The van der Waals surface area contributed by atoms with Crippen molar-refractivity contribution in [2.24, 2.45) is 0 Å². The van der Waals surface area contributed by atoms with Crippen LogP contribution in [0.3, 0.4) is 0 Å². The van der Waals surface area contributed by atoms with E-state index in [2.05, 4.69) is 20.4 Å². The van der Waals surface area contributed by atoms with Crippen LogP contribution in [0, 0.1) is 0 Å². The van der Waals surface area contributed by atoms with Crippen molar-refractivity contribution in [3.8, 4) is 0 Å². The summed E-state index contributed by atoms with van der Waals surface area (Å²) < 4.78 is 4.92. The predicted octanol–water partition coefficient (Wildman–Crippen LogP) is 2.57. The van der Waals surface area contributed by atoms with Gasteiger partial charge in [-0.05, 0) is 56.7 Å². The fourth-order valence-corrected chi connectivity index (χ4v) is 2.69. The molecule has 4 rings (SSSR count). The van der Waals surface area contributed by atoms with Crippen LogP contribution in [-0.2, 0) is 24.4 Å². The van der Waals surface area contributed by atoms with Gasteiger partial charge >= 0.3 is 5.97 Å². The van der Waals surface area contributed by atoms with Crippen LogP contribution < -0.4 is 0 Å². The quantitative estimate of drug-likeness (QED) is 0.517. The van der Waals surface area contributed by atoms with Gasteiger partial charge in [-0.15, -0.1) is 0 Å². The van der Waals surface area contributed by atoms with Crippen LogP contribution in [0.25, 0.3) is 22.1 Å². The number of carbonyl (C=O) groups excluding carboxylic acids is 1. The van der Waals surface area contributed by atoms with E-state index in [0.29, 0.717) is 24.2 Å². The number of ether oxygens (including phenoxy) is 1. The van der Waals surface area contributed by atoms with Crippen molar-refractivity contribution in [3.05, 3.63) is 47.5 Å². The first-order valence-corrected chi connectivity index (χ1v) is 9.54. The first-order chi connectivity index (χ1) is 14.1. The van der Waals surface area contributed by atoms with Crippen molar-refractivity contribution < 1.29 is 14.6 Å². The molecule has 1 N–H and O–H groups in total. The third kappa shape index (κ3) is 4.75. The van der Waals surface area contributed by atoms with Gasteiger partial charge in [0.25, 0.3) is 0 Å². The van der Waals surface area contributed by atoms with Gasteiger partial charge in [0, 0.05) is 0 Å². The second kappa shape index (κ2) is 9.24. The molecular formula is C20H24N6O3. The molecule has 4 aromatic rings. The van der Waals surface area contributed by atoms with Crippen LogP contribution in [0.4, 0.5) is 0 Å². The molecule has 2 aromatic carbocycles. The van der Waals surface area contributed by atoms with Gasteiger partial charge in [-0.1, -0.05) is 6.07 Å². The lowest BCUT2D eigenvalue weighted by molar-refractivity contribution is 0.0526. The Bertz CT molecular complexity index is 1120. The van der Waals surface area contributed by atoms with Crippen molar-refractivity contribution in [2.45, 2.75) is 40.5 Å². The minimum Gasteiger partial charge on any atom is -0.462 e. The summed E-state index contributed by atoms with van der Waals surface area (Å²) in [5, 5.41) is 25.8. The summed E-state index contributed by atoms with van der Waals surface area (Å²) in [4.78, 5) is 14.7. The maximum Gasteiger partial charge on any atom is 0.338 e. The Morgan fingerprint density at radius 2 is 1.41 bits per heavy atom. The number of carbonyl (C=O) groups is 1. The smallest absolute Gasteiger partial charge is 0.338 e. The zero-order valence-corrected chi connectivity index (χ0v) is 16.7. The number of aliphatic hydroxyl groups excluding tert-OH is 1. The number of fused-ring (bicyclic) bond motifs is 2. The average Bonchev–Trinajstić information content (AvgIpc) is 3.36. The summed E-state index contributed by atoms with van der Waals surface area (Å²) in [5.41, 5.74) is 4.60. The first-order valence-electron chi connectivity index (χ1n) is 9.54. The molecular weight excluding hydrogens is 372 g/mol. The third-order valence-electron chi connectivity index (χ3n) is 4.17. The monoisotopic (exact) mass is 396 g/mol. The van der Waals surface area contributed by atoms with E-state index >= 15 is 0 Å². The van der Waals surface area contributed by atoms with Crippen LogP contribution in [0.5, 0.6) is 0 Å². The second-order valence-electron chi connectivity index (χ2n) is 6.18. The van der Waals surface area contributed by atoms with E-state index in [9.17, 15) is 4.79 Å². The molecule has 0 unspecified atom stereocenters. The SMILES string of the molecule is CCOC(=O)c1ccc2nn(CC)nc2c1.CCn1nc2ccc(CO)cc2n1. The lowest BCUT2D eigenvalue weighted by Gasteiger charge is -1.99. The molecule has 0 saturated heterocycles. The maximum absolute atomic E-state index is 11.5. The lowest BCUT2D eigenvalue weighted by atomic mass is 10.2. The molecule has 0 radical (unpaired) electrons. The third-order valence-corrected chi connectivity index (χ3v) is 4.17. The Morgan fingerprint density at radius 1 is 0.862 bits per heavy atom. The molecule has 0 atom stereocenters. The fraction of sp³-hybridized carbons (Fsp3) is 0.350. The number of aliphatic hydroxyl groups is 1. The van der Waals surface area contributed by atoms with E-state index in [4.69, 9.17) is 9.84 Å². The fourth-order valence-electron chi connectivity index (χ4n) is 2.69. The van der Waals surface area contributed by atoms with Gasteiger partial charge in [-0.3, -0.25) is 0 Å². The van der Waals surface area contributed by atoms with E-state index < -0.39 is 0 Å². The Kier molecular flexibility index (Phi) is 6.50. The van der Waals surface area contributed by atoms with Crippen LogP contribution in [0.15, 0.2) is 36.4 Å². The molecule has 2 aromatic heterocycles. The van der Waals surface area contributed by atoms with E-state index in [1.807, 2.05) is 32.0 Å². The molecule has 0 aliphatic rings. The molecule has 0 fully saturated rings. The van der Waals surface area contributed by atoms with E-state index in [1.54, 1.807) is 34.7 Å². The van der Waals surface area contributed by atoms with E-state index in [-0.39, 0.29) is 12.6 Å². The van der Waals surface area contributed by atoms with Gasteiger partial charge in [0.15, 0.2) is 0 Å². The van der Waals surface area contributed by atoms with Gasteiger partial charge in [0.05, 0.1) is 31.9 Å². The highest BCUT2D eigenvalue weighted by Crippen LogP contribution is 2.13. The van der Waals surface area contributed by atoms with Gasteiger partial charge in [-0.2, -0.15) is 30.0 Å². The predicted molar refractivity (Wildman–Crippen MR) is 108 cm³/mol. The number of benzene rings is 2. The number of aryl methyl sites for hydroxylation is 2. The molecule has 0 amide bonds. The first kappa shape index (κ1) is 20.4. The summed E-state index contributed by atoms with van der Waals surface area (Å²) in [5.74, 6) is -0.324. The van der Waals surface area contributed by atoms with Crippen molar-refractivity contribution in [1.29, 1.82) is 0 Å². The molecule has 9 heteroatoms. The minimum atomic E-state index is -0.324. The van der Waals surface area contributed by atoms with Gasteiger partial charge in [0.2, 0.25) is 0 Å². The molecule has 0 bridgehead atoms. The molecule has 0 saturated carbocycles. The molecule has 152 valence electrons. The van der Waals surface area contributed by atoms with Crippen molar-refractivity contribution in [3.63, 3.8) is 0 Å². The Balaban J connectivity index is 0.000000169. The van der Waals surface area contributed by atoms with E-state index in [1.165, 1.54) is 0 Å². The average molecular weight is 396 g/mol. The zero-order valence-electron chi connectivity index (χ0n) is 16.7. The molecule has 9 nitrogen and oxygen atoms in total. The topological polar surface area (TPSA) is 108 Å².